The van der Waals surface area contributed by atoms with Crippen molar-refractivity contribution >= 4 is 39.5 Å². The number of rotatable bonds is 75. The molecule has 0 bridgehead atoms. The molecule has 0 fully saturated rings. The van der Waals surface area contributed by atoms with Gasteiger partial charge in [-0.25, -0.2) is 9.13 Å². The van der Waals surface area contributed by atoms with E-state index in [9.17, 15) is 43.2 Å². The molecule has 0 aromatic rings. The molecule has 0 saturated carbocycles. The summed E-state index contributed by atoms with van der Waals surface area (Å²) in [4.78, 5) is 72.7. The summed E-state index contributed by atoms with van der Waals surface area (Å²) < 4.78 is 68.5. The number of phosphoric acid groups is 2. The lowest BCUT2D eigenvalue weighted by Gasteiger charge is -2.21. The molecule has 0 saturated heterocycles. The maximum atomic E-state index is 13.1. The van der Waals surface area contributed by atoms with Crippen LogP contribution in [0.15, 0.2) is 0 Å². The molecule has 0 spiro atoms. The average molecular weight is 1380 g/mol. The maximum absolute atomic E-state index is 13.1. The summed E-state index contributed by atoms with van der Waals surface area (Å²) in [6.45, 7) is 7.23. The van der Waals surface area contributed by atoms with Gasteiger partial charge in [-0.2, -0.15) is 0 Å². The molecule has 0 aliphatic heterocycles. The van der Waals surface area contributed by atoms with Crippen LogP contribution in [0.4, 0.5) is 0 Å². The van der Waals surface area contributed by atoms with Crippen molar-refractivity contribution in [3.05, 3.63) is 0 Å². The lowest BCUT2D eigenvalue weighted by atomic mass is 10.0. The Morgan fingerprint density at radius 2 is 0.489 bits per heavy atom. The fourth-order valence-corrected chi connectivity index (χ4v) is 13.1. The summed E-state index contributed by atoms with van der Waals surface area (Å²) in [6, 6.07) is 0. The van der Waals surface area contributed by atoms with Gasteiger partial charge < -0.3 is 33.8 Å². The van der Waals surface area contributed by atoms with Crippen LogP contribution in [-0.4, -0.2) is 96.7 Å². The lowest BCUT2D eigenvalue weighted by molar-refractivity contribution is -0.161. The highest BCUT2D eigenvalue weighted by Crippen LogP contribution is 2.45. The third-order valence-corrected chi connectivity index (χ3v) is 19.4. The Bertz CT molecular complexity index is 1810. The van der Waals surface area contributed by atoms with Gasteiger partial charge in [-0.3, -0.25) is 37.3 Å². The van der Waals surface area contributed by atoms with Gasteiger partial charge in [-0.05, 0) is 31.6 Å². The Labute approximate surface area is 575 Å². The molecule has 94 heavy (non-hydrogen) atoms. The number of hydrogen-bond acceptors (Lipinski definition) is 15. The van der Waals surface area contributed by atoms with E-state index in [1.165, 1.54) is 212 Å². The summed E-state index contributed by atoms with van der Waals surface area (Å²) in [6.07, 6.45) is 56.9. The summed E-state index contributed by atoms with van der Waals surface area (Å²) in [5.74, 6) is -1.41. The lowest BCUT2D eigenvalue weighted by Crippen LogP contribution is -2.30. The van der Waals surface area contributed by atoms with Gasteiger partial charge in [0.05, 0.1) is 26.4 Å². The highest BCUT2D eigenvalue weighted by Gasteiger charge is 2.30. The first kappa shape index (κ1) is 92.1. The van der Waals surface area contributed by atoms with Crippen molar-refractivity contribution in [1.82, 2.24) is 0 Å². The summed E-state index contributed by atoms with van der Waals surface area (Å²) in [5, 5.41) is 10.6. The SMILES string of the molecule is CCCCCCCCCCCCCCCCCCCCCC(=O)O[C@H](COC(=O)CCCCCCCCCCCCCCCC)COP(=O)(O)OC[C@@H](O)COP(=O)(O)OC[C@@H](COC(=O)CCCCCCCCCC(C)C)OC(=O)CCCCCCCCCCCCC. The third-order valence-electron chi connectivity index (χ3n) is 17.5. The first-order valence-electron chi connectivity index (χ1n) is 39.1. The molecule has 0 amide bonds. The largest absolute Gasteiger partial charge is 0.472 e. The van der Waals surface area contributed by atoms with Crippen molar-refractivity contribution in [2.24, 2.45) is 5.92 Å². The van der Waals surface area contributed by atoms with Gasteiger partial charge in [-0.1, -0.05) is 343 Å². The van der Waals surface area contributed by atoms with E-state index in [1.807, 2.05) is 0 Å². The fourth-order valence-electron chi connectivity index (χ4n) is 11.5. The molecule has 0 aromatic heterocycles. The van der Waals surface area contributed by atoms with Gasteiger partial charge in [0.2, 0.25) is 0 Å². The van der Waals surface area contributed by atoms with Crippen LogP contribution in [-0.2, 0) is 65.4 Å². The number of carbonyl (C=O) groups is 4. The fraction of sp³-hybridized carbons (Fsp3) is 0.947. The molecular formula is C75H146O17P2. The standard InChI is InChI=1S/C75H146O17P2/c1-6-9-12-15-18-21-24-26-28-29-30-31-32-34-37-40-45-51-56-61-75(80)91-70(64-85-72(77)58-53-48-43-38-36-33-27-25-22-19-16-13-10-7-2)66-89-93(81,82)87-62-69(76)63-88-94(83,84)90-67-71(65-86-73(78)59-54-49-46-41-42-47-52-57-68(4)5)92-74(79)60-55-50-44-39-35-23-20-17-14-11-8-3/h68-71,76H,6-67H2,1-5H3,(H,81,82)(H,83,84)/t69-,70-,71-/m1/s1. The van der Waals surface area contributed by atoms with Crippen LogP contribution in [0.25, 0.3) is 0 Å². The summed E-state index contributed by atoms with van der Waals surface area (Å²) in [7, 11) is -9.91. The predicted octanol–water partition coefficient (Wildman–Crippen LogP) is 22.1. The highest BCUT2D eigenvalue weighted by atomic mass is 31.2. The van der Waals surface area contributed by atoms with Gasteiger partial charge in [0.1, 0.15) is 19.3 Å². The zero-order chi connectivity index (χ0) is 69.1. The van der Waals surface area contributed by atoms with Gasteiger partial charge in [0.25, 0.3) is 0 Å². The number of aliphatic hydroxyl groups is 1. The number of aliphatic hydroxyl groups excluding tert-OH is 1. The van der Waals surface area contributed by atoms with E-state index in [4.69, 9.17) is 37.0 Å². The van der Waals surface area contributed by atoms with Crippen LogP contribution in [0.5, 0.6) is 0 Å². The molecule has 2 unspecified atom stereocenters. The first-order chi connectivity index (χ1) is 45.5. The molecule has 0 aliphatic rings. The third kappa shape index (κ3) is 68.6. The van der Waals surface area contributed by atoms with Crippen LogP contribution in [0.2, 0.25) is 0 Å². The second-order valence-electron chi connectivity index (χ2n) is 27.5. The van der Waals surface area contributed by atoms with Gasteiger partial charge in [-0.15, -0.1) is 0 Å². The minimum atomic E-state index is -4.96. The number of unbranched alkanes of at least 4 members (excludes halogenated alkanes) is 47. The molecule has 558 valence electrons. The Kier molecular flexibility index (Phi) is 66.8. The summed E-state index contributed by atoms with van der Waals surface area (Å²) in [5.41, 5.74) is 0. The number of carbonyl (C=O) groups excluding carboxylic acids is 4. The Morgan fingerprint density at radius 3 is 0.723 bits per heavy atom. The topological polar surface area (TPSA) is 237 Å². The second kappa shape index (κ2) is 68.2. The molecule has 0 aliphatic carbocycles. The smallest absolute Gasteiger partial charge is 0.462 e. The van der Waals surface area contributed by atoms with Gasteiger partial charge >= 0.3 is 39.5 Å². The van der Waals surface area contributed by atoms with E-state index < -0.39 is 97.5 Å². The molecule has 17 nitrogen and oxygen atoms in total. The van der Waals surface area contributed by atoms with Crippen LogP contribution < -0.4 is 0 Å². The average Bonchev–Trinajstić information content (AvgIpc) is 1.61. The van der Waals surface area contributed by atoms with E-state index in [-0.39, 0.29) is 25.7 Å². The molecule has 0 aromatic carbocycles. The minimum Gasteiger partial charge on any atom is -0.462 e. The Hall–Kier alpha value is -1.94. The van der Waals surface area contributed by atoms with E-state index >= 15 is 0 Å². The van der Waals surface area contributed by atoms with Crippen molar-refractivity contribution in [2.75, 3.05) is 39.6 Å². The molecule has 0 rings (SSSR count). The second-order valence-corrected chi connectivity index (χ2v) is 30.4. The van der Waals surface area contributed by atoms with Crippen LogP contribution in [0, 0.1) is 5.92 Å². The maximum Gasteiger partial charge on any atom is 0.472 e. The molecule has 5 atom stereocenters. The van der Waals surface area contributed by atoms with Crippen molar-refractivity contribution < 1.29 is 80.2 Å². The summed E-state index contributed by atoms with van der Waals surface area (Å²) >= 11 is 0. The predicted molar refractivity (Wildman–Crippen MR) is 382 cm³/mol. The number of hydrogen-bond donors (Lipinski definition) is 3. The number of phosphoric ester groups is 2. The normalized spacial score (nSPS) is 14.0. The van der Waals surface area contributed by atoms with Gasteiger partial charge in [0.15, 0.2) is 12.2 Å². The van der Waals surface area contributed by atoms with E-state index in [0.717, 1.165) is 96.3 Å². The molecule has 0 radical (unpaired) electrons. The van der Waals surface area contributed by atoms with E-state index in [2.05, 4.69) is 34.6 Å². The van der Waals surface area contributed by atoms with Crippen molar-refractivity contribution in [1.29, 1.82) is 0 Å². The Morgan fingerprint density at radius 1 is 0.287 bits per heavy atom. The highest BCUT2D eigenvalue weighted by molar-refractivity contribution is 7.47. The van der Waals surface area contributed by atoms with Crippen LogP contribution in [0.1, 0.15) is 394 Å². The number of esters is 4. The van der Waals surface area contributed by atoms with E-state index in [0.29, 0.717) is 31.6 Å². The van der Waals surface area contributed by atoms with Crippen molar-refractivity contribution in [3.8, 4) is 0 Å². The quantitative estimate of drug-likeness (QED) is 0.0222. The van der Waals surface area contributed by atoms with Crippen molar-refractivity contribution in [3.63, 3.8) is 0 Å². The van der Waals surface area contributed by atoms with E-state index in [1.54, 1.807) is 0 Å². The zero-order valence-electron chi connectivity index (χ0n) is 61.1. The van der Waals surface area contributed by atoms with Crippen molar-refractivity contribution in [2.45, 2.75) is 412 Å². The first-order valence-corrected chi connectivity index (χ1v) is 42.1. The minimum absolute atomic E-state index is 0.107. The number of ether oxygens (including phenoxy) is 4. The Balaban J connectivity index is 5.22. The van der Waals surface area contributed by atoms with Crippen LogP contribution in [0.3, 0.4) is 0 Å². The molecule has 0 heterocycles. The zero-order valence-corrected chi connectivity index (χ0v) is 62.9. The monoisotopic (exact) mass is 1380 g/mol. The van der Waals surface area contributed by atoms with Gasteiger partial charge in [0, 0.05) is 25.7 Å². The molecule has 19 heteroatoms. The van der Waals surface area contributed by atoms with Crippen LogP contribution >= 0.6 is 15.6 Å². The molecular weight excluding hydrogens is 1230 g/mol. The molecule has 3 N–H and O–H groups in total.